The van der Waals surface area contributed by atoms with Gasteiger partial charge in [-0.3, -0.25) is 4.79 Å². The van der Waals surface area contributed by atoms with Crippen molar-refractivity contribution in [2.24, 2.45) is 5.41 Å². The van der Waals surface area contributed by atoms with Crippen LogP contribution in [0.5, 0.6) is 0 Å². The fourth-order valence-electron chi connectivity index (χ4n) is 1.91. The summed E-state index contributed by atoms with van der Waals surface area (Å²) in [6, 6.07) is 0. The number of nitrogens with one attached hydrogen (secondary N) is 1. The van der Waals surface area contributed by atoms with Crippen molar-refractivity contribution in [1.82, 2.24) is 10.2 Å². The van der Waals surface area contributed by atoms with E-state index in [1.807, 2.05) is 20.8 Å². The van der Waals surface area contributed by atoms with Crippen molar-refractivity contribution in [2.75, 3.05) is 26.2 Å². The summed E-state index contributed by atoms with van der Waals surface area (Å²) in [6.45, 7) is 9.49. The molecule has 2 N–H and O–H groups in total. The molecule has 0 aliphatic carbocycles. The monoisotopic (exact) mass is 242 g/mol. The van der Waals surface area contributed by atoms with E-state index in [2.05, 4.69) is 10.2 Å². The molecule has 4 nitrogen and oxygen atoms in total. The lowest BCUT2D eigenvalue weighted by atomic mass is 9.96. The average molecular weight is 242 g/mol. The Kier molecular flexibility index (Phi) is 5.40. The molecule has 0 bridgehead atoms. The summed E-state index contributed by atoms with van der Waals surface area (Å²) in [7, 11) is 0. The molecule has 0 saturated carbocycles. The Bertz CT molecular complexity index is 240. The lowest BCUT2D eigenvalue weighted by Crippen LogP contribution is -2.39. The largest absolute Gasteiger partial charge is 0.393 e. The van der Waals surface area contributed by atoms with E-state index in [-0.39, 0.29) is 17.4 Å². The highest BCUT2D eigenvalue weighted by Gasteiger charge is 2.20. The average Bonchev–Trinajstić information content (AvgIpc) is 2.25. The van der Waals surface area contributed by atoms with Crippen LogP contribution in [0.1, 0.15) is 40.0 Å². The summed E-state index contributed by atoms with van der Waals surface area (Å²) >= 11 is 0. The van der Waals surface area contributed by atoms with E-state index >= 15 is 0 Å². The van der Waals surface area contributed by atoms with Crippen LogP contribution in [0.4, 0.5) is 0 Å². The Morgan fingerprint density at radius 1 is 1.35 bits per heavy atom. The van der Waals surface area contributed by atoms with Gasteiger partial charge in [0.2, 0.25) is 5.91 Å². The van der Waals surface area contributed by atoms with Gasteiger partial charge in [0.15, 0.2) is 0 Å². The number of amides is 1. The van der Waals surface area contributed by atoms with Crippen molar-refractivity contribution in [3.63, 3.8) is 0 Å². The topological polar surface area (TPSA) is 52.6 Å². The zero-order valence-corrected chi connectivity index (χ0v) is 11.3. The molecule has 0 atom stereocenters. The van der Waals surface area contributed by atoms with Crippen LogP contribution in [0.15, 0.2) is 0 Å². The van der Waals surface area contributed by atoms with Gasteiger partial charge in [-0.05, 0) is 25.8 Å². The lowest BCUT2D eigenvalue weighted by molar-refractivity contribution is -0.128. The molecule has 0 unspecified atom stereocenters. The molecule has 0 radical (unpaired) electrons. The summed E-state index contributed by atoms with van der Waals surface area (Å²) in [4.78, 5) is 14.0. The fourth-order valence-corrected chi connectivity index (χ4v) is 1.91. The Labute approximate surface area is 104 Å². The molecule has 1 heterocycles. The molecule has 1 aliphatic heterocycles. The molecule has 4 heteroatoms. The van der Waals surface area contributed by atoms with E-state index in [0.717, 1.165) is 45.4 Å². The Hall–Kier alpha value is -0.610. The van der Waals surface area contributed by atoms with Gasteiger partial charge in [0.1, 0.15) is 0 Å². The first-order valence-corrected chi connectivity index (χ1v) is 6.58. The molecule has 1 amide bonds. The van der Waals surface area contributed by atoms with Crippen LogP contribution >= 0.6 is 0 Å². The van der Waals surface area contributed by atoms with Crippen LogP contribution < -0.4 is 5.32 Å². The molecular weight excluding hydrogens is 216 g/mol. The number of hydrogen-bond acceptors (Lipinski definition) is 3. The van der Waals surface area contributed by atoms with Gasteiger partial charge < -0.3 is 15.3 Å². The highest BCUT2D eigenvalue weighted by atomic mass is 16.3. The van der Waals surface area contributed by atoms with Crippen molar-refractivity contribution >= 4 is 5.91 Å². The maximum Gasteiger partial charge on any atom is 0.225 e. The number of carbonyl (C=O) groups excluding carboxylic acids is 1. The number of carbonyl (C=O) groups is 1. The molecule has 1 aliphatic rings. The first-order chi connectivity index (χ1) is 7.89. The molecule has 0 spiro atoms. The van der Waals surface area contributed by atoms with Gasteiger partial charge in [0.25, 0.3) is 0 Å². The minimum atomic E-state index is -0.296. The van der Waals surface area contributed by atoms with E-state index in [1.54, 1.807) is 0 Å². The summed E-state index contributed by atoms with van der Waals surface area (Å²) in [5, 5.41) is 12.3. The molecular formula is C13H26N2O2. The number of hydrogen-bond donors (Lipinski definition) is 2. The van der Waals surface area contributed by atoms with Crippen LogP contribution in [-0.4, -0.2) is 48.2 Å². The predicted octanol–water partition coefficient (Wildman–Crippen LogP) is 0.995. The normalized spacial score (nSPS) is 19.3. The van der Waals surface area contributed by atoms with Gasteiger partial charge in [0, 0.05) is 25.0 Å². The third-order valence-corrected chi connectivity index (χ3v) is 3.17. The third kappa shape index (κ3) is 5.50. The second-order valence-electron chi connectivity index (χ2n) is 5.93. The number of aliphatic hydroxyl groups excluding tert-OH is 1. The van der Waals surface area contributed by atoms with E-state index in [9.17, 15) is 9.90 Å². The standard InChI is InChI=1S/C13H26N2O2/c1-13(2,3)12(17)14-7-4-8-15-9-5-11(16)6-10-15/h11,16H,4-10H2,1-3H3,(H,14,17). The number of rotatable bonds is 4. The van der Waals surface area contributed by atoms with Crippen molar-refractivity contribution in [3.8, 4) is 0 Å². The van der Waals surface area contributed by atoms with Gasteiger partial charge in [-0.2, -0.15) is 0 Å². The van der Waals surface area contributed by atoms with Crippen LogP contribution in [0.3, 0.4) is 0 Å². The number of piperidine rings is 1. The minimum absolute atomic E-state index is 0.105. The zero-order chi connectivity index (χ0) is 12.9. The maximum atomic E-state index is 11.6. The summed E-state index contributed by atoms with van der Waals surface area (Å²) in [6.07, 6.45) is 2.65. The lowest BCUT2D eigenvalue weighted by Gasteiger charge is -2.29. The molecule has 0 aromatic carbocycles. The van der Waals surface area contributed by atoms with Crippen molar-refractivity contribution in [2.45, 2.75) is 46.1 Å². The van der Waals surface area contributed by atoms with Crippen molar-refractivity contribution < 1.29 is 9.90 Å². The molecule has 0 aromatic rings. The first kappa shape index (κ1) is 14.5. The number of aliphatic hydroxyl groups is 1. The highest BCUT2D eigenvalue weighted by molar-refractivity contribution is 5.81. The summed E-state index contributed by atoms with van der Waals surface area (Å²) in [5.74, 6) is 0.117. The van der Waals surface area contributed by atoms with Crippen LogP contribution in [-0.2, 0) is 4.79 Å². The quantitative estimate of drug-likeness (QED) is 0.723. The second kappa shape index (κ2) is 6.36. The smallest absolute Gasteiger partial charge is 0.225 e. The van der Waals surface area contributed by atoms with Crippen molar-refractivity contribution in [1.29, 1.82) is 0 Å². The van der Waals surface area contributed by atoms with Gasteiger partial charge >= 0.3 is 0 Å². The molecule has 17 heavy (non-hydrogen) atoms. The molecule has 0 aromatic heterocycles. The summed E-state index contributed by atoms with van der Waals surface area (Å²) < 4.78 is 0. The van der Waals surface area contributed by atoms with E-state index in [0.29, 0.717) is 0 Å². The van der Waals surface area contributed by atoms with Gasteiger partial charge in [-0.25, -0.2) is 0 Å². The van der Waals surface area contributed by atoms with Crippen LogP contribution in [0.2, 0.25) is 0 Å². The molecule has 1 rings (SSSR count). The Morgan fingerprint density at radius 3 is 2.47 bits per heavy atom. The zero-order valence-electron chi connectivity index (χ0n) is 11.3. The fraction of sp³-hybridized carbons (Fsp3) is 0.923. The summed E-state index contributed by atoms with van der Waals surface area (Å²) in [5.41, 5.74) is -0.296. The Balaban J connectivity index is 2.07. The van der Waals surface area contributed by atoms with Crippen LogP contribution in [0.25, 0.3) is 0 Å². The van der Waals surface area contributed by atoms with Gasteiger partial charge in [-0.15, -0.1) is 0 Å². The predicted molar refractivity (Wildman–Crippen MR) is 68.8 cm³/mol. The Morgan fingerprint density at radius 2 is 1.94 bits per heavy atom. The maximum absolute atomic E-state index is 11.6. The third-order valence-electron chi connectivity index (χ3n) is 3.17. The second-order valence-corrected chi connectivity index (χ2v) is 5.93. The number of nitrogens with zero attached hydrogens (tertiary/aromatic N) is 1. The molecule has 100 valence electrons. The van der Waals surface area contributed by atoms with E-state index in [1.165, 1.54) is 0 Å². The van der Waals surface area contributed by atoms with Gasteiger partial charge in [-0.1, -0.05) is 20.8 Å². The SMILES string of the molecule is CC(C)(C)C(=O)NCCCN1CCC(O)CC1. The molecule has 1 fully saturated rings. The number of likely N-dealkylation sites (tertiary alicyclic amines) is 1. The van der Waals surface area contributed by atoms with Crippen molar-refractivity contribution in [3.05, 3.63) is 0 Å². The van der Waals surface area contributed by atoms with E-state index < -0.39 is 0 Å². The highest BCUT2D eigenvalue weighted by Crippen LogP contribution is 2.12. The minimum Gasteiger partial charge on any atom is -0.393 e. The van der Waals surface area contributed by atoms with Crippen LogP contribution in [0, 0.1) is 5.41 Å². The first-order valence-electron chi connectivity index (χ1n) is 6.58. The van der Waals surface area contributed by atoms with Gasteiger partial charge in [0.05, 0.1) is 6.10 Å². The molecule has 1 saturated heterocycles. The van der Waals surface area contributed by atoms with E-state index in [4.69, 9.17) is 0 Å².